The summed E-state index contributed by atoms with van der Waals surface area (Å²) in [5.74, 6) is 1.29. The number of hydrogen-bond acceptors (Lipinski definition) is 4. The van der Waals surface area contributed by atoms with Crippen molar-refractivity contribution in [1.82, 2.24) is 20.0 Å². The predicted molar refractivity (Wildman–Crippen MR) is 84.2 cm³/mol. The van der Waals surface area contributed by atoms with Gasteiger partial charge in [0.05, 0.1) is 5.69 Å². The summed E-state index contributed by atoms with van der Waals surface area (Å²) < 4.78 is 2.05. The molecule has 1 unspecified atom stereocenters. The maximum atomic E-state index is 4.64. The molecule has 1 aromatic heterocycles. The Labute approximate surface area is 122 Å². The fourth-order valence-corrected chi connectivity index (χ4v) is 3.02. The van der Waals surface area contributed by atoms with E-state index < -0.39 is 0 Å². The van der Waals surface area contributed by atoms with Crippen LogP contribution in [0.15, 0.2) is 0 Å². The van der Waals surface area contributed by atoms with Crippen LogP contribution >= 0.6 is 0 Å². The van der Waals surface area contributed by atoms with Crippen LogP contribution in [-0.4, -0.2) is 53.4 Å². The first-order chi connectivity index (χ1) is 9.40. The first-order valence-corrected chi connectivity index (χ1v) is 7.61. The van der Waals surface area contributed by atoms with Crippen molar-refractivity contribution in [1.29, 1.82) is 0 Å². The number of aromatic nitrogens is 2. The molecule has 5 heteroatoms. The van der Waals surface area contributed by atoms with E-state index in [1.165, 1.54) is 11.4 Å². The molecule has 5 nitrogen and oxygen atoms in total. The lowest BCUT2D eigenvalue weighted by Gasteiger charge is -2.40. The molecule has 1 aromatic rings. The van der Waals surface area contributed by atoms with Gasteiger partial charge in [0.25, 0.3) is 0 Å². The van der Waals surface area contributed by atoms with Gasteiger partial charge >= 0.3 is 0 Å². The first-order valence-electron chi connectivity index (χ1n) is 7.61. The van der Waals surface area contributed by atoms with Crippen molar-refractivity contribution in [2.24, 2.45) is 7.05 Å². The maximum Gasteiger partial charge on any atom is 0.131 e. The Hall–Kier alpha value is -1.07. The normalized spacial score (nSPS) is 20.9. The monoisotopic (exact) mass is 279 g/mol. The standard InChI is InChI=1S/C15H29N5/c1-11(2)16-9-14-13(4)17-19(6)15(14)20-8-7-18(5)10-12(20)3/h11-12,16H,7-10H2,1-6H3. The van der Waals surface area contributed by atoms with E-state index in [0.29, 0.717) is 12.1 Å². The lowest BCUT2D eigenvalue weighted by atomic mass is 10.1. The Bertz CT molecular complexity index is 451. The van der Waals surface area contributed by atoms with Gasteiger partial charge in [-0.25, -0.2) is 0 Å². The maximum absolute atomic E-state index is 4.64. The van der Waals surface area contributed by atoms with Crippen LogP contribution in [0.1, 0.15) is 32.0 Å². The van der Waals surface area contributed by atoms with Crippen LogP contribution in [-0.2, 0) is 13.6 Å². The lowest BCUT2D eigenvalue weighted by molar-refractivity contribution is 0.273. The van der Waals surface area contributed by atoms with Gasteiger partial charge in [-0.2, -0.15) is 5.10 Å². The summed E-state index contributed by atoms with van der Waals surface area (Å²) in [5.41, 5.74) is 2.49. The molecule has 0 saturated carbocycles. The van der Waals surface area contributed by atoms with Crippen molar-refractivity contribution in [3.05, 3.63) is 11.3 Å². The highest BCUT2D eigenvalue weighted by Crippen LogP contribution is 2.26. The van der Waals surface area contributed by atoms with E-state index in [1.54, 1.807) is 0 Å². The summed E-state index contributed by atoms with van der Waals surface area (Å²) in [6, 6.07) is 1.02. The summed E-state index contributed by atoms with van der Waals surface area (Å²) in [6.07, 6.45) is 0. The molecule has 1 aliphatic rings. The number of anilines is 1. The van der Waals surface area contributed by atoms with Crippen LogP contribution in [0.25, 0.3) is 0 Å². The Morgan fingerprint density at radius 1 is 1.30 bits per heavy atom. The lowest BCUT2D eigenvalue weighted by Crippen LogP contribution is -2.51. The second kappa shape index (κ2) is 6.14. The molecule has 1 fully saturated rings. The fraction of sp³-hybridized carbons (Fsp3) is 0.800. The van der Waals surface area contributed by atoms with E-state index >= 15 is 0 Å². The van der Waals surface area contributed by atoms with Gasteiger partial charge < -0.3 is 15.1 Å². The highest BCUT2D eigenvalue weighted by Gasteiger charge is 2.27. The zero-order valence-corrected chi connectivity index (χ0v) is 13.8. The summed E-state index contributed by atoms with van der Waals surface area (Å²) in [7, 11) is 4.26. The highest BCUT2D eigenvalue weighted by molar-refractivity contribution is 5.51. The summed E-state index contributed by atoms with van der Waals surface area (Å²) in [6.45, 7) is 13.0. The molecular weight excluding hydrogens is 250 g/mol. The average Bonchev–Trinajstić information content (AvgIpc) is 2.61. The minimum Gasteiger partial charge on any atom is -0.351 e. The minimum atomic E-state index is 0.493. The molecule has 1 aliphatic heterocycles. The first kappa shape index (κ1) is 15.3. The predicted octanol–water partition coefficient (Wildman–Crippen LogP) is 1.37. The molecule has 0 bridgehead atoms. The van der Waals surface area contributed by atoms with Crippen molar-refractivity contribution in [2.45, 2.75) is 46.3 Å². The molecule has 0 spiro atoms. The second-order valence-electron chi connectivity index (χ2n) is 6.35. The van der Waals surface area contributed by atoms with Crippen molar-refractivity contribution in [3.63, 3.8) is 0 Å². The molecule has 0 radical (unpaired) electrons. The number of piperazine rings is 1. The van der Waals surface area contributed by atoms with Gasteiger partial charge in [0, 0.05) is 50.9 Å². The molecule has 2 rings (SSSR count). The molecule has 1 N–H and O–H groups in total. The number of aryl methyl sites for hydroxylation is 2. The number of likely N-dealkylation sites (N-methyl/N-ethyl adjacent to an activating group) is 1. The summed E-state index contributed by atoms with van der Waals surface area (Å²) in [4.78, 5) is 4.91. The molecule has 20 heavy (non-hydrogen) atoms. The summed E-state index contributed by atoms with van der Waals surface area (Å²) >= 11 is 0. The van der Waals surface area contributed by atoms with Crippen LogP contribution in [0.5, 0.6) is 0 Å². The molecular formula is C15H29N5. The third-order valence-electron chi connectivity index (χ3n) is 4.10. The van der Waals surface area contributed by atoms with Crippen LogP contribution in [0.2, 0.25) is 0 Å². The molecule has 114 valence electrons. The van der Waals surface area contributed by atoms with Gasteiger partial charge in [0.2, 0.25) is 0 Å². The van der Waals surface area contributed by atoms with Crippen LogP contribution in [0.4, 0.5) is 5.82 Å². The van der Waals surface area contributed by atoms with Crippen molar-refractivity contribution in [2.75, 3.05) is 31.6 Å². The quantitative estimate of drug-likeness (QED) is 0.903. The third kappa shape index (κ3) is 3.15. The number of nitrogens with zero attached hydrogens (tertiary/aromatic N) is 4. The van der Waals surface area contributed by atoms with Crippen molar-refractivity contribution < 1.29 is 0 Å². The molecule has 0 aliphatic carbocycles. The molecule has 0 aromatic carbocycles. The van der Waals surface area contributed by atoms with E-state index in [1.807, 2.05) is 0 Å². The van der Waals surface area contributed by atoms with E-state index in [0.717, 1.165) is 31.9 Å². The topological polar surface area (TPSA) is 36.3 Å². The van der Waals surface area contributed by atoms with Crippen LogP contribution < -0.4 is 10.2 Å². The second-order valence-corrected chi connectivity index (χ2v) is 6.35. The van der Waals surface area contributed by atoms with Gasteiger partial charge in [0.15, 0.2) is 0 Å². The SMILES string of the molecule is Cc1nn(C)c(N2CCN(C)CC2C)c1CNC(C)C. The van der Waals surface area contributed by atoms with Gasteiger partial charge in [-0.3, -0.25) is 4.68 Å². The molecule has 2 heterocycles. The van der Waals surface area contributed by atoms with Crippen molar-refractivity contribution >= 4 is 5.82 Å². The largest absolute Gasteiger partial charge is 0.351 e. The Morgan fingerprint density at radius 3 is 2.60 bits per heavy atom. The Morgan fingerprint density at radius 2 is 2.00 bits per heavy atom. The summed E-state index contributed by atoms with van der Waals surface area (Å²) in [5, 5.41) is 8.17. The number of nitrogens with one attached hydrogen (secondary N) is 1. The molecule has 1 atom stereocenters. The Kier molecular flexibility index (Phi) is 4.70. The van der Waals surface area contributed by atoms with E-state index in [9.17, 15) is 0 Å². The van der Waals surface area contributed by atoms with Gasteiger partial charge in [-0.05, 0) is 20.9 Å². The third-order valence-corrected chi connectivity index (χ3v) is 4.10. The van der Waals surface area contributed by atoms with E-state index in [-0.39, 0.29) is 0 Å². The number of hydrogen-bond donors (Lipinski definition) is 1. The highest BCUT2D eigenvalue weighted by atomic mass is 15.4. The smallest absolute Gasteiger partial charge is 0.131 e. The molecule has 1 saturated heterocycles. The van der Waals surface area contributed by atoms with Crippen molar-refractivity contribution in [3.8, 4) is 0 Å². The fourth-order valence-electron chi connectivity index (χ4n) is 3.02. The zero-order chi connectivity index (χ0) is 14.9. The number of rotatable bonds is 4. The van der Waals surface area contributed by atoms with Crippen LogP contribution in [0, 0.1) is 6.92 Å². The van der Waals surface area contributed by atoms with Gasteiger partial charge in [0.1, 0.15) is 5.82 Å². The van der Waals surface area contributed by atoms with Gasteiger partial charge in [-0.15, -0.1) is 0 Å². The van der Waals surface area contributed by atoms with E-state index in [4.69, 9.17) is 0 Å². The van der Waals surface area contributed by atoms with Crippen LogP contribution in [0.3, 0.4) is 0 Å². The van der Waals surface area contributed by atoms with E-state index in [2.05, 4.69) is 66.7 Å². The minimum absolute atomic E-state index is 0.493. The zero-order valence-electron chi connectivity index (χ0n) is 13.8. The van der Waals surface area contributed by atoms with Gasteiger partial charge in [-0.1, -0.05) is 13.8 Å². The average molecular weight is 279 g/mol. The molecule has 0 amide bonds. The Balaban J connectivity index is 2.25.